The SMILES string of the molecule is CCCCCCCCc1ccc(C2CCC(C#N)(CCC3CCC(CCCCCCCC)CC3)CC2)cc1. The molecule has 1 heteroatoms. The van der Waals surface area contributed by atoms with Gasteiger partial charge in [-0.1, -0.05) is 141 Å². The highest BCUT2D eigenvalue weighted by Crippen LogP contribution is 2.47. The summed E-state index contributed by atoms with van der Waals surface area (Å²) in [5.41, 5.74) is 2.99. The van der Waals surface area contributed by atoms with Crippen molar-refractivity contribution in [3.63, 3.8) is 0 Å². The van der Waals surface area contributed by atoms with Crippen LogP contribution in [0.1, 0.15) is 179 Å². The van der Waals surface area contributed by atoms with Gasteiger partial charge in [-0.2, -0.15) is 5.26 Å². The molecule has 3 rings (SSSR count). The average Bonchev–Trinajstić information content (AvgIpc) is 2.97. The maximum absolute atomic E-state index is 10.2. The second kappa shape index (κ2) is 18.1. The van der Waals surface area contributed by atoms with Gasteiger partial charge in [0, 0.05) is 0 Å². The number of benzene rings is 1. The fraction of sp³-hybridized carbons (Fsp3) is 0.811. The van der Waals surface area contributed by atoms with Gasteiger partial charge in [0.25, 0.3) is 0 Å². The smallest absolute Gasteiger partial charge is 0.0689 e. The van der Waals surface area contributed by atoms with Crippen molar-refractivity contribution in [1.29, 1.82) is 5.26 Å². The second-order valence-electron chi connectivity index (χ2n) is 13.4. The average molecular weight is 520 g/mol. The van der Waals surface area contributed by atoms with Crippen LogP contribution in [0.25, 0.3) is 0 Å². The van der Waals surface area contributed by atoms with E-state index in [1.54, 1.807) is 0 Å². The zero-order chi connectivity index (χ0) is 26.9. The number of nitriles is 1. The molecule has 0 radical (unpaired) electrons. The fourth-order valence-electron chi connectivity index (χ4n) is 7.49. The molecule has 2 aliphatic rings. The van der Waals surface area contributed by atoms with Crippen LogP contribution in [0.4, 0.5) is 0 Å². The monoisotopic (exact) mass is 519 g/mol. The predicted octanol–water partition coefficient (Wildman–Crippen LogP) is 12.1. The zero-order valence-electron chi connectivity index (χ0n) is 25.5. The van der Waals surface area contributed by atoms with Gasteiger partial charge in [0.05, 0.1) is 11.5 Å². The number of hydrogen-bond acceptors (Lipinski definition) is 1. The van der Waals surface area contributed by atoms with Crippen LogP contribution >= 0.6 is 0 Å². The Morgan fingerprint density at radius 3 is 1.76 bits per heavy atom. The van der Waals surface area contributed by atoms with E-state index >= 15 is 0 Å². The van der Waals surface area contributed by atoms with Gasteiger partial charge in [-0.15, -0.1) is 0 Å². The molecule has 0 bridgehead atoms. The van der Waals surface area contributed by atoms with Gasteiger partial charge < -0.3 is 0 Å². The Labute approximate surface area is 237 Å². The summed E-state index contributed by atoms with van der Waals surface area (Å²) in [6.07, 6.45) is 32.4. The molecular weight excluding hydrogens is 458 g/mol. The number of nitrogens with zero attached hydrogens (tertiary/aromatic N) is 1. The van der Waals surface area contributed by atoms with Crippen molar-refractivity contribution < 1.29 is 0 Å². The molecule has 214 valence electrons. The summed E-state index contributed by atoms with van der Waals surface area (Å²) in [5, 5.41) is 10.2. The maximum Gasteiger partial charge on any atom is 0.0689 e. The van der Waals surface area contributed by atoms with E-state index in [0.29, 0.717) is 5.92 Å². The lowest BCUT2D eigenvalue weighted by Gasteiger charge is -2.37. The fourth-order valence-corrected chi connectivity index (χ4v) is 7.49. The molecule has 0 spiro atoms. The summed E-state index contributed by atoms with van der Waals surface area (Å²) in [5.74, 6) is 2.55. The van der Waals surface area contributed by atoms with Gasteiger partial charge in [-0.05, 0) is 80.2 Å². The van der Waals surface area contributed by atoms with E-state index in [1.165, 1.54) is 146 Å². The van der Waals surface area contributed by atoms with E-state index in [9.17, 15) is 5.26 Å². The molecule has 2 saturated carbocycles. The van der Waals surface area contributed by atoms with Gasteiger partial charge in [0.2, 0.25) is 0 Å². The first-order valence-corrected chi connectivity index (χ1v) is 17.2. The Hall–Kier alpha value is -1.29. The molecule has 0 saturated heterocycles. The molecule has 2 fully saturated rings. The van der Waals surface area contributed by atoms with Crippen molar-refractivity contribution in [3.8, 4) is 6.07 Å². The zero-order valence-corrected chi connectivity index (χ0v) is 25.5. The van der Waals surface area contributed by atoms with Crippen molar-refractivity contribution in [2.75, 3.05) is 0 Å². The second-order valence-corrected chi connectivity index (χ2v) is 13.4. The van der Waals surface area contributed by atoms with Crippen molar-refractivity contribution in [2.45, 2.75) is 174 Å². The highest BCUT2D eigenvalue weighted by molar-refractivity contribution is 5.26. The van der Waals surface area contributed by atoms with Crippen LogP contribution in [0.5, 0.6) is 0 Å². The normalized spacial score (nSPS) is 25.8. The number of aryl methyl sites for hydroxylation is 1. The minimum absolute atomic E-state index is 0.0381. The predicted molar refractivity (Wildman–Crippen MR) is 165 cm³/mol. The first-order valence-electron chi connectivity index (χ1n) is 17.2. The summed E-state index contributed by atoms with van der Waals surface area (Å²) < 4.78 is 0. The highest BCUT2D eigenvalue weighted by atomic mass is 14.4. The third-order valence-corrected chi connectivity index (χ3v) is 10.4. The summed E-state index contributed by atoms with van der Waals surface area (Å²) in [6, 6.07) is 12.4. The molecule has 1 aromatic rings. The van der Waals surface area contributed by atoms with Crippen LogP contribution < -0.4 is 0 Å². The number of rotatable bonds is 18. The Morgan fingerprint density at radius 1 is 0.658 bits per heavy atom. The molecule has 0 amide bonds. The molecular formula is C37H61N. The van der Waals surface area contributed by atoms with E-state index in [4.69, 9.17) is 0 Å². The maximum atomic E-state index is 10.2. The van der Waals surface area contributed by atoms with Crippen molar-refractivity contribution >= 4 is 0 Å². The van der Waals surface area contributed by atoms with E-state index in [-0.39, 0.29) is 5.41 Å². The van der Waals surface area contributed by atoms with E-state index < -0.39 is 0 Å². The van der Waals surface area contributed by atoms with Gasteiger partial charge in [-0.25, -0.2) is 0 Å². The summed E-state index contributed by atoms with van der Waals surface area (Å²) in [6.45, 7) is 4.59. The number of unbranched alkanes of at least 4 members (excludes halogenated alkanes) is 10. The lowest BCUT2D eigenvalue weighted by Crippen LogP contribution is -2.27. The Kier molecular flexibility index (Phi) is 14.9. The first kappa shape index (κ1) is 31.2. The van der Waals surface area contributed by atoms with E-state index in [2.05, 4.69) is 44.2 Å². The third-order valence-electron chi connectivity index (χ3n) is 10.4. The molecule has 0 N–H and O–H groups in total. The third kappa shape index (κ3) is 11.1. The Morgan fingerprint density at radius 2 is 1.18 bits per heavy atom. The van der Waals surface area contributed by atoms with E-state index in [0.717, 1.165) is 31.1 Å². The van der Waals surface area contributed by atoms with E-state index in [1.807, 2.05) is 0 Å². The van der Waals surface area contributed by atoms with Crippen LogP contribution in [0, 0.1) is 28.6 Å². The quantitative estimate of drug-likeness (QED) is 0.177. The summed E-state index contributed by atoms with van der Waals surface area (Å²) in [4.78, 5) is 0. The molecule has 0 atom stereocenters. The van der Waals surface area contributed by atoms with Crippen LogP contribution in [0.15, 0.2) is 24.3 Å². The van der Waals surface area contributed by atoms with Crippen molar-refractivity contribution in [2.24, 2.45) is 17.3 Å². The molecule has 0 heterocycles. The van der Waals surface area contributed by atoms with Crippen LogP contribution in [-0.4, -0.2) is 0 Å². The van der Waals surface area contributed by atoms with Crippen LogP contribution in [0.3, 0.4) is 0 Å². The molecule has 38 heavy (non-hydrogen) atoms. The van der Waals surface area contributed by atoms with Gasteiger partial charge in [0.15, 0.2) is 0 Å². The van der Waals surface area contributed by atoms with Crippen LogP contribution in [0.2, 0.25) is 0 Å². The lowest BCUT2D eigenvalue weighted by molar-refractivity contribution is 0.185. The molecule has 0 unspecified atom stereocenters. The summed E-state index contributed by atoms with van der Waals surface area (Å²) in [7, 11) is 0. The minimum atomic E-state index is -0.0381. The lowest BCUT2D eigenvalue weighted by atomic mass is 9.66. The molecule has 1 nitrogen and oxygen atoms in total. The molecule has 2 aliphatic carbocycles. The highest BCUT2D eigenvalue weighted by Gasteiger charge is 2.36. The van der Waals surface area contributed by atoms with Gasteiger partial charge in [0.1, 0.15) is 0 Å². The molecule has 1 aromatic carbocycles. The van der Waals surface area contributed by atoms with Crippen LogP contribution in [-0.2, 0) is 6.42 Å². The minimum Gasteiger partial charge on any atom is -0.198 e. The molecule has 0 aromatic heterocycles. The largest absolute Gasteiger partial charge is 0.198 e. The van der Waals surface area contributed by atoms with Gasteiger partial charge in [-0.3, -0.25) is 0 Å². The summed E-state index contributed by atoms with van der Waals surface area (Å²) >= 11 is 0. The van der Waals surface area contributed by atoms with Crippen molar-refractivity contribution in [1.82, 2.24) is 0 Å². The molecule has 0 aliphatic heterocycles. The Bertz CT molecular complexity index is 755. The standard InChI is InChI=1S/C37H61N/c1-3-5-7-9-11-13-15-32-17-19-34(20-18-32)25-28-37(31-38)29-26-36(27-30-37)35-23-21-33(22-24-35)16-14-12-10-8-6-4-2/h21-24,32,34,36H,3-20,25-30H2,1-2H3. The Balaban J connectivity index is 1.31. The first-order chi connectivity index (χ1) is 18.7. The van der Waals surface area contributed by atoms with Gasteiger partial charge >= 0.3 is 0 Å². The van der Waals surface area contributed by atoms with Crippen molar-refractivity contribution in [3.05, 3.63) is 35.4 Å². The topological polar surface area (TPSA) is 23.8 Å². The number of hydrogen-bond donors (Lipinski definition) is 0.